The molecule has 3 unspecified atom stereocenters. The SMILES string of the molecule is O=NCC1(Cl)CC2C=CC1C2. The van der Waals surface area contributed by atoms with Gasteiger partial charge in [0.15, 0.2) is 0 Å². The molecular weight excluding hydrogens is 162 g/mol. The van der Waals surface area contributed by atoms with Crippen molar-refractivity contribution in [1.29, 1.82) is 0 Å². The number of fused-ring (bicyclic) bond motifs is 2. The summed E-state index contributed by atoms with van der Waals surface area (Å²) in [6.45, 7) is 0.264. The van der Waals surface area contributed by atoms with Gasteiger partial charge in [-0.15, -0.1) is 11.6 Å². The smallest absolute Gasteiger partial charge is 0.101 e. The van der Waals surface area contributed by atoms with Gasteiger partial charge in [0.1, 0.15) is 6.54 Å². The van der Waals surface area contributed by atoms with Gasteiger partial charge in [-0.1, -0.05) is 17.3 Å². The maximum Gasteiger partial charge on any atom is 0.101 e. The Morgan fingerprint density at radius 3 is 2.91 bits per heavy atom. The molecule has 0 spiro atoms. The maximum atomic E-state index is 10.1. The number of rotatable bonds is 2. The second kappa shape index (κ2) is 2.31. The first kappa shape index (κ1) is 7.29. The van der Waals surface area contributed by atoms with E-state index in [1.165, 1.54) is 0 Å². The molecule has 0 radical (unpaired) electrons. The summed E-state index contributed by atoms with van der Waals surface area (Å²) >= 11 is 6.22. The minimum atomic E-state index is -0.332. The van der Waals surface area contributed by atoms with Crippen molar-refractivity contribution in [2.75, 3.05) is 6.54 Å². The number of hydrogen-bond donors (Lipinski definition) is 0. The van der Waals surface area contributed by atoms with Crippen LogP contribution in [0.25, 0.3) is 0 Å². The number of nitrogens with zero attached hydrogens (tertiary/aromatic N) is 1. The van der Waals surface area contributed by atoms with Crippen molar-refractivity contribution < 1.29 is 0 Å². The zero-order chi connectivity index (χ0) is 7.90. The summed E-state index contributed by atoms with van der Waals surface area (Å²) in [7, 11) is 0. The fraction of sp³-hybridized carbons (Fsp3) is 0.750. The Labute approximate surface area is 70.6 Å². The molecule has 0 aromatic rings. The van der Waals surface area contributed by atoms with Crippen LogP contribution in [0.1, 0.15) is 12.8 Å². The highest BCUT2D eigenvalue weighted by Crippen LogP contribution is 2.50. The van der Waals surface area contributed by atoms with Gasteiger partial charge in [-0.2, -0.15) is 4.91 Å². The predicted octanol–water partition coefficient (Wildman–Crippen LogP) is 2.33. The molecular formula is C8H10ClNO. The lowest BCUT2D eigenvalue weighted by Gasteiger charge is -2.24. The van der Waals surface area contributed by atoms with E-state index in [-0.39, 0.29) is 11.4 Å². The number of nitroso groups, excluding NO2 is 1. The normalized spacial score (nSPS) is 46.6. The van der Waals surface area contributed by atoms with Crippen LogP contribution < -0.4 is 0 Å². The Morgan fingerprint density at radius 2 is 2.45 bits per heavy atom. The van der Waals surface area contributed by atoms with Gasteiger partial charge in [-0.25, -0.2) is 0 Å². The molecule has 3 heteroatoms. The molecule has 0 aromatic carbocycles. The molecule has 2 bridgehead atoms. The molecule has 0 aromatic heterocycles. The summed E-state index contributed by atoms with van der Waals surface area (Å²) in [6.07, 6.45) is 6.39. The average molecular weight is 172 g/mol. The van der Waals surface area contributed by atoms with Gasteiger partial charge in [0, 0.05) is 0 Å². The first-order chi connectivity index (χ1) is 5.24. The van der Waals surface area contributed by atoms with Gasteiger partial charge >= 0.3 is 0 Å². The molecule has 3 atom stereocenters. The molecule has 2 rings (SSSR count). The second-order valence-electron chi connectivity index (χ2n) is 3.51. The van der Waals surface area contributed by atoms with Crippen molar-refractivity contribution in [1.82, 2.24) is 0 Å². The largest absolute Gasteiger partial charge is 0.151 e. The van der Waals surface area contributed by atoms with Crippen molar-refractivity contribution in [3.63, 3.8) is 0 Å². The highest BCUT2D eigenvalue weighted by Gasteiger charge is 2.47. The quantitative estimate of drug-likeness (QED) is 0.356. The van der Waals surface area contributed by atoms with Crippen molar-refractivity contribution in [2.45, 2.75) is 17.7 Å². The summed E-state index contributed by atoms with van der Waals surface area (Å²) in [5.74, 6) is 1.01. The highest BCUT2D eigenvalue weighted by molar-refractivity contribution is 6.24. The second-order valence-corrected chi connectivity index (χ2v) is 4.27. The molecule has 0 amide bonds. The van der Waals surface area contributed by atoms with Crippen LogP contribution in [0.15, 0.2) is 17.3 Å². The molecule has 2 nitrogen and oxygen atoms in total. The molecule has 2 aliphatic rings. The first-order valence-corrected chi connectivity index (χ1v) is 4.29. The molecule has 2 aliphatic carbocycles. The molecule has 1 fully saturated rings. The van der Waals surface area contributed by atoms with Gasteiger partial charge < -0.3 is 0 Å². The van der Waals surface area contributed by atoms with Gasteiger partial charge in [-0.3, -0.25) is 0 Å². The van der Waals surface area contributed by atoms with E-state index in [1.807, 2.05) is 0 Å². The topological polar surface area (TPSA) is 29.4 Å². The van der Waals surface area contributed by atoms with E-state index in [4.69, 9.17) is 11.6 Å². The predicted molar refractivity (Wildman–Crippen MR) is 44.6 cm³/mol. The number of halogens is 1. The van der Waals surface area contributed by atoms with Crippen LogP contribution in [0, 0.1) is 16.7 Å². The third-order valence-electron chi connectivity index (χ3n) is 2.77. The first-order valence-electron chi connectivity index (χ1n) is 3.91. The number of hydrogen-bond acceptors (Lipinski definition) is 2. The Kier molecular flexibility index (Phi) is 1.53. The van der Waals surface area contributed by atoms with E-state index in [0.717, 1.165) is 12.8 Å². The zero-order valence-corrected chi connectivity index (χ0v) is 6.92. The van der Waals surface area contributed by atoms with E-state index >= 15 is 0 Å². The van der Waals surface area contributed by atoms with Crippen molar-refractivity contribution in [3.05, 3.63) is 17.1 Å². The van der Waals surface area contributed by atoms with Crippen LogP contribution in [-0.2, 0) is 0 Å². The number of allylic oxidation sites excluding steroid dienone is 2. The average Bonchev–Trinajstić information content (AvgIpc) is 2.45. The van der Waals surface area contributed by atoms with Crippen LogP contribution in [-0.4, -0.2) is 11.4 Å². The molecule has 11 heavy (non-hydrogen) atoms. The summed E-state index contributed by atoms with van der Waals surface area (Å²) in [4.78, 5) is 9.75. The lowest BCUT2D eigenvalue weighted by atomic mass is 9.93. The minimum absolute atomic E-state index is 0.264. The maximum absolute atomic E-state index is 10.1. The van der Waals surface area contributed by atoms with Crippen LogP contribution >= 0.6 is 11.6 Å². The molecule has 0 aliphatic heterocycles. The standard InChI is InChI=1S/C8H10ClNO/c9-8(5-10-11)4-6-1-2-7(8)3-6/h1-2,6-7H,3-5H2. The summed E-state index contributed by atoms with van der Waals surface area (Å²) < 4.78 is 0. The van der Waals surface area contributed by atoms with Crippen LogP contribution in [0.3, 0.4) is 0 Å². The van der Waals surface area contributed by atoms with Gasteiger partial charge in [0.25, 0.3) is 0 Å². The highest BCUT2D eigenvalue weighted by atomic mass is 35.5. The van der Waals surface area contributed by atoms with Crippen LogP contribution in [0.4, 0.5) is 0 Å². The summed E-state index contributed by atoms with van der Waals surface area (Å²) in [6, 6.07) is 0. The van der Waals surface area contributed by atoms with E-state index < -0.39 is 0 Å². The van der Waals surface area contributed by atoms with Crippen molar-refractivity contribution in [2.24, 2.45) is 17.0 Å². The van der Waals surface area contributed by atoms with E-state index in [9.17, 15) is 4.91 Å². The zero-order valence-electron chi connectivity index (χ0n) is 6.16. The van der Waals surface area contributed by atoms with Crippen molar-refractivity contribution >= 4 is 11.6 Å². The lowest BCUT2D eigenvalue weighted by Crippen LogP contribution is -2.29. The number of alkyl halides is 1. The fourth-order valence-electron chi connectivity index (χ4n) is 2.19. The van der Waals surface area contributed by atoms with Gasteiger partial charge in [0.05, 0.1) is 4.87 Å². The minimum Gasteiger partial charge on any atom is -0.151 e. The van der Waals surface area contributed by atoms with E-state index in [2.05, 4.69) is 17.3 Å². The Hall–Kier alpha value is -0.370. The Balaban J connectivity index is 2.16. The van der Waals surface area contributed by atoms with Gasteiger partial charge in [-0.05, 0) is 24.7 Å². The van der Waals surface area contributed by atoms with Crippen molar-refractivity contribution in [3.8, 4) is 0 Å². The molecule has 0 N–H and O–H groups in total. The van der Waals surface area contributed by atoms with E-state index in [0.29, 0.717) is 11.8 Å². The Morgan fingerprint density at radius 1 is 1.64 bits per heavy atom. The summed E-state index contributed by atoms with van der Waals surface area (Å²) in [5, 5.41) is 2.89. The monoisotopic (exact) mass is 171 g/mol. The van der Waals surface area contributed by atoms with Crippen LogP contribution in [0.5, 0.6) is 0 Å². The molecule has 1 saturated carbocycles. The fourth-order valence-corrected chi connectivity index (χ4v) is 2.59. The third-order valence-corrected chi connectivity index (χ3v) is 3.32. The molecule has 60 valence electrons. The van der Waals surface area contributed by atoms with Gasteiger partial charge in [0.2, 0.25) is 0 Å². The summed E-state index contributed by atoms with van der Waals surface area (Å²) in [5.41, 5.74) is 0. The van der Waals surface area contributed by atoms with E-state index in [1.54, 1.807) is 0 Å². The van der Waals surface area contributed by atoms with Crippen LogP contribution in [0.2, 0.25) is 0 Å². The lowest BCUT2D eigenvalue weighted by molar-refractivity contribution is 0.500. The Bertz CT molecular complexity index is 216. The third kappa shape index (κ3) is 1.00. The molecule has 0 heterocycles. The molecule has 0 saturated heterocycles.